The third-order valence-corrected chi connectivity index (χ3v) is 3.66. The van der Waals surface area contributed by atoms with Crippen molar-refractivity contribution in [3.05, 3.63) is 33.3 Å². The minimum absolute atomic E-state index is 0.242. The van der Waals surface area contributed by atoms with E-state index in [1.54, 1.807) is 13.0 Å². The van der Waals surface area contributed by atoms with E-state index in [4.69, 9.17) is 16.3 Å². The van der Waals surface area contributed by atoms with Gasteiger partial charge in [-0.25, -0.2) is 0 Å². The van der Waals surface area contributed by atoms with Gasteiger partial charge in [-0.1, -0.05) is 17.7 Å². The zero-order chi connectivity index (χ0) is 12.3. The van der Waals surface area contributed by atoms with Crippen molar-refractivity contribution in [3.8, 4) is 0 Å². The first-order valence-electron chi connectivity index (χ1n) is 5.02. The Balaban J connectivity index is 3.06. The summed E-state index contributed by atoms with van der Waals surface area (Å²) in [6.07, 6.45) is 0. The van der Waals surface area contributed by atoms with E-state index >= 15 is 0 Å². The van der Waals surface area contributed by atoms with Crippen LogP contribution in [0.3, 0.4) is 0 Å². The first-order chi connectivity index (χ1) is 7.39. The molecule has 0 aromatic heterocycles. The molecule has 0 bridgehead atoms. The van der Waals surface area contributed by atoms with Gasteiger partial charge in [-0.2, -0.15) is 0 Å². The normalized spacial score (nSPS) is 11.3. The Morgan fingerprint density at radius 3 is 2.62 bits per heavy atom. The van der Waals surface area contributed by atoms with Gasteiger partial charge in [0.05, 0.1) is 17.0 Å². The molecule has 0 aliphatic heterocycles. The summed E-state index contributed by atoms with van der Waals surface area (Å²) < 4.78 is 5.85. The van der Waals surface area contributed by atoms with Crippen LogP contribution in [0.1, 0.15) is 26.3 Å². The van der Waals surface area contributed by atoms with Crippen LogP contribution in [0, 0.1) is 0 Å². The minimum Gasteiger partial charge on any atom is -0.465 e. The maximum Gasteiger partial charge on any atom is 0.315 e. The molecule has 4 heteroatoms. The van der Waals surface area contributed by atoms with Crippen molar-refractivity contribution in [2.24, 2.45) is 0 Å². The molecule has 1 aromatic carbocycles. The van der Waals surface area contributed by atoms with Crippen molar-refractivity contribution >= 4 is 33.5 Å². The van der Waals surface area contributed by atoms with Crippen LogP contribution in [0.2, 0.25) is 5.02 Å². The van der Waals surface area contributed by atoms with Gasteiger partial charge in [0.2, 0.25) is 0 Å². The molecule has 0 N–H and O–H groups in total. The number of rotatable bonds is 3. The van der Waals surface area contributed by atoms with Gasteiger partial charge in [0.15, 0.2) is 0 Å². The fourth-order valence-electron chi connectivity index (χ4n) is 1.31. The second-order valence-corrected chi connectivity index (χ2v) is 5.24. The third kappa shape index (κ3) is 2.77. The highest BCUT2D eigenvalue weighted by molar-refractivity contribution is 9.10. The van der Waals surface area contributed by atoms with Gasteiger partial charge in [0.1, 0.15) is 0 Å². The Morgan fingerprint density at radius 1 is 1.50 bits per heavy atom. The molecule has 0 spiro atoms. The predicted octanol–water partition coefficient (Wildman–Crippen LogP) is 3.94. The maximum absolute atomic E-state index is 11.8. The fraction of sp³-hybridized carbons (Fsp3) is 0.417. The first-order valence-corrected chi connectivity index (χ1v) is 6.19. The number of ether oxygens (including phenoxy) is 1. The van der Waals surface area contributed by atoms with Crippen molar-refractivity contribution in [1.82, 2.24) is 0 Å². The average molecular weight is 306 g/mol. The lowest BCUT2D eigenvalue weighted by atomic mass is 9.85. The highest BCUT2D eigenvalue weighted by Gasteiger charge is 2.31. The van der Waals surface area contributed by atoms with Crippen LogP contribution >= 0.6 is 27.5 Å². The summed E-state index contributed by atoms with van der Waals surface area (Å²) in [5.74, 6) is -0.242. The first kappa shape index (κ1) is 13.5. The van der Waals surface area contributed by atoms with Crippen LogP contribution in [-0.4, -0.2) is 12.6 Å². The molecule has 1 aromatic rings. The number of carbonyl (C=O) groups excluding carboxylic acids is 1. The lowest BCUT2D eigenvalue weighted by molar-refractivity contribution is -0.148. The summed E-state index contributed by atoms with van der Waals surface area (Å²) in [4.78, 5) is 11.8. The topological polar surface area (TPSA) is 26.3 Å². The average Bonchev–Trinajstić information content (AvgIpc) is 2.22. The van der Waals surface area contributed by atoms with Crippen molar-refractivity contribution in [3.63, 3.8) is 0 Å². The Morgan fingerprint density at radius 2 is 2.12 bits per heavy atom. The highest BCUT2D eigenvalue weighted by atomic mass is 79.9. The van der Waals surface area contributed by atoms with Crippen LogP contribution in [-0.2, 0) is 14.9 Å². The molecule has 88 valence electrons. The molecule has 0 saturated heterocycles. The lowest BCUT2D eigenvalue weighted by Gasteiger charge is -2.23. The quantitative estimate of drug-likeness (QED) is 0.791. The largest absolute Gasteiger partial charge is 0.465 e. The molecule has 0 fully saturated rings. The zero-order valence-corrected chi connectivity index (χ0v) is 11.9. The zero-order valence-electron chi connectivity index (χ0n) is 9.51. The standard InChI is InChI=1S/C12H14BrClO2/c1-4-16-11(15)12(2,3)8-5-6-9(13)10(14)7-8/h5-7H,4H2,1-3H3. The number of hydrogen-bond donors (Lipinski definition) is 0. The van der Waals surface area contributed by atoms with Crippen molar-refractivity contribution in [2.75, 3.05) is 6.61 Å². The monoisotopic (exact) mass is 304 g/mol. The smallest absolute Gasteiger partial charge is 0.315 e. The number of esters is 1. The maximum atomic E-state index is 11.8. The van der Waals surface area contributed by atoms with E-state index in [0.29, 0.717) is 11.6 Å². The van der Waals surface area contributed by atoms with Crippen molar-refractivity contribution in [1.29, 1.82) is 0 Å². The molecule has 0 aliphatic rings. The molecular weight excluding hydrogens is 291 g/mol. The van der Waals surface area contributed by atoms with Crippen molar-refractivity contribution in [2.45, 2.75) is 26.2 Å². The van der Waals surface area contributed by atoms with Gasteiger partial charge in [-0.3, -0.25) is 4.79 Å². The second kappa shape index (κ2) is 5.19. The molecule has 1 rings (SSSR count). The number of halogens is 2. The molecule has 0 atom stereocenters. The van der Waals surface area contributed by atoms with E-state index in [0.717, 1.165) is 10.0 Å². The molecule has 0 aliphatic carbocycles. The fourth-order valence-corrected chi connectivity index (χ4v) is 1.74. The molecule has 0 radical (unpaired) electrons. The minimum atomic E-state index is -0.680. The Labute approximate surface area is 109 Å². The van der Waals surface area contributed by atoms with Gasteiger partial charge in [0.25, 0.3) is 0 Å². The summed E-state index contributed by atoms with van der Waals surface area (Å²) in [7, 11) is 0. The summed E-state index contributed by atoms with van der Waals surface area (Å²) >= 11 is 9.32. The molecule has 0 saturated carbocycles. The summed E-state index contributed by atoms with van der Waals surface area (Å²) in [6, 6.07) is 5.48. The summed E-state index contributed by atoms with van der Waals surface area (Å²) in [5.41, 5.74) is 0.166. The molecule has 0 amide bonds. The highest BCUT2D eigenvalue weighted by Crippen LogP contribution is 2.30. The van der Waals surface area contributed by atoms with Crippen LogP contribution in [0.15, 0.2) is 22.7 Å². The van der Waals surface area contributed by atoms with Crippen LogP contribution in [0.5, 0.6) is 0 Å². The third-order valence-electron chi connectivity index (χ3n) is 2.43. The van der Waals surface area contributed by atoms with E-state index < -0.39 is 5.41 Å². The summed E-state index contributed by atoms with van der Waals surface area (Å²) in [5, 5.41) is 0.592. The lowest BCUT2D eigenvalue weighted by Crippen LogP contribution is -2.31. The van der Waals surface area contributed by atoms with Gasteiger partial charge >= 0.3 is 5.97 Å². The van der Waals surface area contributed by atoms with Crippen LogP contribution < -0.4 is 0 Å². The van der Waals surface area contributed by atoms with E-state index in [-0.39, 0.29) is 5.97 Å². The van der Waals surface area contributed by atoms with Crippen LogP contribution in [0.4, 0.5) is 0 Å². The molecule has 16 heavy (non-hydrogen) atoms. The van der Waals surface area contributed by atoms with Crippen molar-refractivity contribution < 1.29 is 9.53 Å². The molecule has 0 unspecified atom stereocenters. The van der Waals surface area contributed by atoms with Gasteiger partial charge in [-0.05, 0) is 54.4 Å². The van der Waals surface area contributed by atoms with E-state index in [1.165, 1.54) is 0 Å². The van der Waals surface area contributed by atoms with Gasteiger partial charge in [0, 0.05) is 4.47 Å². The Bertz CT molecular complexity index is 402. The SMILES string of the molecule is CCOC(=O)C(C)(C)c1ccc(Br)c(Cl)c1. The van der Waals surface area contributed by atoms with Crippen LogP contribution in [0.25, 0.3) is 0 Å². The molecule has 2 nitrogen and oxygen atoms in total. The Hall–Kier alpha value is -0.540. The second-order valence-electron chi connectivity index (χ2n) is 3.97. The Kier molecular flexibility index (Phi) is 4.39. The van der Waals surface area contributed by atoms with Gasteiger partial charge < -0.3 is 4.74 Å². The number of hydrogen-bond acceptors (Lipinski definition) is 2. The predicted molar refractivity (Wildman–Crippen MR) is 68.8 cm³/mol. The summed E-state index contributed by atoms with van der Waals surface area (Å²) in [6.45, 7) is 5.82. The van der Waals surface area contributed by atoms with E-state index in [9.17, 15) is 4.79 Å². The van der Waals surface area contributed by atoms with E-state index in [1.807, 2.05) is 26.0 Å². The number of carbonyl (C=O) groups is 1. The molecule has 0 heterocycles. The molecular formula is C12H14BrClO2. The van der Waals surface area contributed by atoms with E-state index in [2.05, 4.69) is 15.9 Å². The number of benzene rings is 1. The van der Waals surface area contributed by atoms with Gasteiger partial charge in [-0.15, -0.1) is 0 Å².